The molecule has 0 atom stereocenters. The average Bonchev–Trinajstić information content (AvgIpc) is 2.45. The fourth-order valence-corrected chi connectivity index (χ4v) is 2.29. The van der Waals surface area contributed by atoms with Crippen LogP contribution in [0.4, 0.5) is 0 Å². The maximum absolute atomic E-state index is 8.79. The summed E-state index contributed by atoms with van der Waals surface area (Å²) in [5.74, 6) is 0.668. The monoisotopic (exact) mass is 301 g/mol. The van der Waals surface area contributed by atoms with Crippen LogP contribution in [0.1, 0.15) is 23.5 Å². The van der Waals surface area contributed by atoms with E-state index in [1.54, 1.807) is 12.3 Å². The molecule has 2 aromatic heterocycles. The average molecular weight is 302 g/mol. The highest BCUT2D eigenvalue weighted by atomic mass is 35.5. The van der Waals surface area contributed by atoms with Crippen molar-refractivity contribution in [2.75, 3.05) is 6.54 Å². The molecule has 0 aliphatic carbocycles. The molecule has 0 radical (unpaired) electrons. The van der Waals surface area contributed by atoms with Crippen molar-refractivity contribution in [3.05, 3.63) is 52.8 Å². The van der Waals surface area contributed by atoms with Crippen LogP contribution in [0.2, 0.25) is 5.15 Å². The number of halogens is 1. The summed E-state index contributed by atoms with van der Waals surface area (Å²) in [4.78, 5) is 14.9. The van der Waals surface area contributed by atoms with Crippen molar-refractivity contribution >= 4 is 11.6 Å². The molecule has 2 heterocycles. The van der Waals surface area contributed by atoms with Gasteiger partial charge in [0.2, 0.25) is 0 Å². The largest absolute Gasteiger partial charge is 0.291 e. The molecule has 0 fully saturated rings. The van der Waals surface area contributed by atoms with Gasteiger partial charge >= 0.3 is 0 Å². The first-order valence-corrected chi connectivity index (χ1v) is 7.03. The van der Waals surface area contributed by atoms with Crippen LogP contribution in [0.5, 0.6) is 0 Å². The molecule has 0 amide bonds. The summed E-state index contributed by atoms with van der Waals surface area (Å²) >= 11 is 5.97. The molecule has 0 unspecified atom stereocenters. The van der Waals surface area contributed by atoms with Gasteiger partial charge in [0.05, 0.1) is 12.6 Å². The van der Waals surface area contributed by atoms with E-state index < -0.39 is 0 Å². The second-order valence-electron chi connectivity index (χ2n) is 4.73. The highest BCUT2D eigenvalue weighted by Crippen LogP contribution is 2.11. The van der Waals surface area contributed by atoms with E-state index in [2.05, 4.69) is 25.9 Å². The van der Waals surface area contributed by atoms with Crippen LogP contribution < -0.4 is 0 Å². The van der Waals surface area contributed by atoms with E-state index >= 15 is 0 Å². The zero-order valence-electron chi connectivity index (χ0n) is 11.8. The molecule has 6 heteroatoms. The van der Waals surface area contributed by atoms with Crippen molar-refractivity contribution in [3.63, 3.8) is 0 Å². The lowest BCUT2D eigenvalue weighted by atomic mass is 10.2. The molecular formula is C15H16ClN5. The van der Waals surface area contributed by atoms with Crippen LogP contribution in [0.15, 0.2) is 30.6 Å². The van der Waals surface area contributed by atoms with E-state index in [0.29, 0.717) is 37.0 Å². The number of nitriles is 1. The number of hydrogen-bond donors (Lipinski definition) is 0. The number of aryl methyl sites for hydroxylation is 1. The minimum atomic E-state index is 0.444. The normalized spacial score (nSPS) is 10.6. The fraction of sp³-hybridized carbons (Fsp3) is 0.333. The van der Waals surface area contributed by atoms with E-state index in [-0.39, 0.29) is 0 Å². The Labute approximate surface area is 129 Å². The second kappa shape index (κ2) is 7.67. The van der Waals surface area contributed by atoms with Crippen LogP contribution in [0, 0.1) is 18.3 Å². The molecule has 0 saturated heterocycles. The first-order chi connectivity index (χ1) is 10.2. The van der Waals surface area contributed by atoms with Gasteiger partial charge in [-0.3, -0.25) is 9.88 Å². The number of rotatable bonds is 6. The summed E-state index contributed by atoms with van der Waals surface area (Å²) < 4.78 is 0. The van der Waals surface area contributed by atoms with Gasteiger partial charge in [0.1, 0.15) is 11.0 Å². The predicted molar refractivity (Wildman–Crippen MR) is 80.4 cm³/mol. The standard InChI is InChI=1S/C15H16ClN5/c1-12-8-14(16)20-15(19-12)11-21(7-3-5-17)10-13-4-2-6-18-9-13/h2,4,6,8-9H,3,7,10-11H2,1H3. The molecule has 0 spiro atoms. The molecule has 21 heavy (non-hydrogen) atoms. The van der Waals surface area contributed by atoms with Crippen LogP contribution in [0.3, 0.4) is 0 Å². The maximum Gasteiger partial charge on any atom is 0.144 e. The van der Waals surface area contributed by atoms with E-state index in [4.69, 9.17) is 16.9 Å². The zero-order chi connectivity index (χ0) is 15.1. The molecule has 0 N–H and O–H groups in total. The molecular weight excluding hydrogens is 286 g/mol. The SMILES string of the molecule is Cc1cc(Cl)nc(CN(CCC#N)Cc2cccnc2)n1. The molecule has 2 rings (SSSR count). The second-order valence-corrected chi connectivity index (χ2v) is 5.12. The van der Waals surface area contributed by atoms with E-state index in [1.807, 2.05) is 25.3 Å². The van der Waals surface area contributed by atoms with Crippen LogP contribution in [-0.4, -0.2) is 26.4 Å². The Bertz CT molecular complexity index is 603. The third-order valence-electron chi connectivity index (χ3n) is 2.90. The van der Waals surface area contributed by atoms with Crippen LogP contribution in [-0.2, 0) is 13.1 Å². The number of aromatic nitrogens is 3. The molecule has 0 saturated carbocycles. The first-order valence-electron chi connectivity index (χ1n) is 6.65. The van der Waals surface area contributed by atoms with E-state index in [1.165, 1.54) is 0 Å². The highest BCUT2D eigenvalue weighted by molar-refractivity contribution is 6.29. The smallest absolute Gasteiger partial charge is 0.144 e. The highest BCUT2D eigenvalue weighted by Gasteiger charge is 2.10. The summed E-state index contributed by atoms with van der Waals surface area (Å²) in [6.07, 6.45) is 4.02. The molecule has 108 valence electrons. The molecule has 0 aromatic carbocycles. The summed E-state index contributed by atoms with van der Waals surface area (Å²) in [7, 11) is 0. The summed E-state index contributed by atoms with van der Waals surface area (Å²) in [5.41, 5.74) is 1.93. The van der Waals surface area contributed by atoms with Crippen LogP contribution >= 0.6 is 11.6 Å². The fourth-order valence-electron chi connectivity index (χ4n) is 2.03. The Balaban J connectivity index is 2.10. The zero-order valence-corrected chi connectivity index (χ0v) is 12.6. The Kier molecular flexibility index (Phi) is 5.61. The molecule has 0 aliphatic rings. The summed E-state index contributed by atoms with van der Waals surface area (Å²) in [5, 5.41) is 9.24. The molecule has 5 nitrogen and oxygen atoms in total. The van der Waals surface area contributed by atoms with Gasteiger partial charge in [-0.1, -0.05) is 17.7 Å². The van der Waals surface area contributed by atoms with Gasteiger partial charge in [-0.05, 0) is 24.6 Å². The van der Waals surface area contributed by atoms with E-state index in [0.717, 1.165) is 11.3 Å². The molecule has 0 bridgehead atoms. The Hall–Kier alpha value is -2.03. The Morgan fingerprint density at radius 2 is 2.19 bits per heavy atom. The lowest BCUT2D eigenvalue weighted by Gasteiger charge is -2.20. The Morgan fingerprint density at radius 3 is 2.86 bits per heavy atom. The van der Waals surface area contributed by atoms with Crippen molar-refractivity contribution in [3.8, 4) is 6.07 Å². The van der Waals surface area contributed by atoms with Gasteiger partial charge in [-0.25, -0.2) is 9.97 Å². The van der Waals surface area contributed by atoms with Gasteiger partial charge in [-0.15, -0.1) is 0 Å². The molecule has 2 aromatic rings. The molecule has 0 aliphatic heterocycles. The van der Waals surface area contributed by atoms with Crippen molar-refractivity contribution < 1.29 is 0 Å². The first kappa shape index (κ1) is 15.4. The summed E-state index contributed by atoms with van der Waals surface area (Å²) in [6, 6.07) is 7.81. The van der Waals surface area contributed by atoms with E-state index in [9.17, 15) is 0 Å². The lowest BCUT2D eigenvalue weighted by Crippen LogP contribution is -2.25. The van der Waals surface area contributed by atoms with Gasteiger partial charge in [0.15, 0.2) is 0 Å². The van der Waals surface area contributed by atoms with Crippen molar-refractivity contribution in [1.29, 1.82) is 5.26 Å². The summed E-state index contributed by atoms with van der Waals surface area (Å²) in [6.45, 7) is 3.79. The number of pyridine rings is 1. The topological polar surface area (TPSA) is 65.7 Å². The minimum Gasteiger partial charge on any atom is -0.291 e. The lowest BCUT2D eigenvalue weighted by molar-refractivity contribution is 0.256. The maximum atomic E-state index is 8.79. The van der Waals surface area contributed by atoms with Gasteiger partial charge in [0, 0.05) is 37.6 Å². The van der Waals surface area contributed by atoms with Crippen molar-refractivity contribution in [2.24, 2.45) is 0 Å². The minimum absolute atomic E-state index is 0.444. The predicted octanol–water partition coefficient (Wildman–Crippen LogP) is 2.75. The van der Waals surface area contributed by atoms with Crippen molar-refractivity contribution in [2.45, 2.75) is 26.4 Å². The van der Waals surface area contributed by atoms with Gasteiger partial charge < -0.3 is 0 Å². The van der Waals surface area contributed by atoms with Gasteiger partial charge in [0.25, 0.3) is 0 Å². The quantitative estimate of drug-likeness (QED) is 0.768. The Morgan fingerprint density at radius 1 is 1.33 bits per heavy atom. The number of nitrogens with zero attached hydrogens (tertiary/aromatic N) is 5. The third-order valence-corrected chi connectivity index (χ3v) is 3.10. The third kappa shape index (κ3) is 5.10. The van der Waals surface area contributed by atoms with Gasteiger partial charge in [-0.2, -0.15) is 5.26 Å². The van der Waals surface area contributed by atoms with Crippen molar-refractivity contribution in [1.82, 2.24) is 19.9 Å². The number of hydrogen-bond acceptors (Lipinski definition) is 5. The van der Waals surface area contributed by atoms with Crippen LogP contribution in [0.25, 0.3) is 0 Å².